The van der Waals surface area contributed by atoms with Gasteiger partial charge >= 0.3 is 5.97 Å². The Labute approximate surface area is 146 Å². The largest absolute Gasteiger partial charge is 0.473 e. The summed E-state index contributed by atoms with van der Waals surface area (Å²) in [5, 5.41) is 0. The molecule has 132 valence electrons. The van der Waals surface area contributed by atoms with Gasteiger partial charge in [-0.3, -0.25) is 4.79 Å². The van der Waals surface area contributed by atoms with Crippen LogP contribution in [-0.4, -0.2) is 13.1 Å². The van der Waals surface area contributed by atoms with Crippen LogP contribution in [0.3, 0.4) is 0 Å². The maximum atomic E-state index is 10.9. The molecule has 0 aromatic rings. The molecule has 0 radical (unpaired) electrons. The number of rotatable bonds is 13. The highest BCUT2D eigenvalue weighted by Gasteiger charge is 1.96. The van der Waals surface area contributed by atoms with Crippen LogP contribution in [0.5, 0.6) is 0 Å². The van der Waals surface area contributed by atoms with Crippen molar-refractivity contribution in [1.82, 2.24) is 0 Å². The van der Waals surface area contributed by atoms with Crippen molar-refractivity contribution in [2.45, 2.75) is 45.4 Å². The van der Waals surface area contributed by atoms with E-state index in [1.807, 2.05) is 24.3 Å². The monoisotopic (exact) mass is 330 g/mol. The minimum atomic E-state index is -0.140. The van der Waals surface area contributed by atoms with Crippen molar-refractivity contribution < 1.29 is 14.3 Å². The normalized spacial score (nSPS) is 12.8. The first-order valence-corrected chi connectivity index (χ1v) is 8.46. The van der Waals surface area contributed by atoms with Crippen molar-refractivity contribution in [2.24, 2.45) is 0 Å². The molecular weight excluding hydrogens is 300 g/mol. The van der Waals surface area contributed by atoms with E-state index in [2.05, 4.69) is 48.1 Å². The van der Waals surface area contributed by atoms with E-state index in [0.29, 0.717) is 6.42 Å². The fourth-order valence-electron chi connectivity index (χ4n) is 1.63. The summed E-state index contributed by atoms with van der Waals surface area (Å²) >= 11 is 0. The summed E-state index contributed by atoms with van der Waals surface area (Å²) in [4.78, 5) is 10.9. The average Bonchev–Trinajstić information content (AvgIpc) is 2.60. The summed E-state index contributed by atoms with van der Waals surface area (Å²) in [5.41, 5.74) is 0. The van der Waals surface area contributed by atoms with Gasteiger partial charge in [-0.05, 0) is 44.3 Å². The van der Waals surface area contributed by atoms with Crippen LogP contribution in [0, 0.1) is 0 Å². The molecule has 0 atom stereocenters. The quantitative estimate of drug-likeness (QED) is 0.141. The summed E-state index contributed by atoms with van der Waals surface area (Å²) < 4.78 is 9.76. The number of carbonyl (C=O) groups is 1. The standard InChI is InChI=1S/C21H30O3/c1-3-4-5-16-19-24-20-17-14-12-10-8-6-7-9-11-13-15-18-21(22)23-2/h4-6,8-9,11-12,14,16-17,19-20H,3,7,10,13,15,18H2,1-2H3. The molecule has 3 nitrogen and oxygen atoms in total. The van der Waals surface area contributed by atoms with E-state index in [-0.39, 0.29) is 5.97 Å². The fraction of sp³-hybridized carbons (Fsp3) is 0.381. The Morgan fingerprint density at radius 3 is 2.12 bits per heavy atom. The van der Waals surface area contributed by atoms with Crippen LogP contribution in [0.2, 0.25) is 0 Å². The van der Waals surface area contributed by atoms with Crippen molar-refractivity contribution in [3.8, 4) is 0 Å². The third-order valence-corrected chi connectivity index (χ3v) is 2.90. The van der Waals surface area contributed by atoms with Crippen LogP contribution in [0.15, 0.2) is 73.3 Å². The third kappa shape index (κ3) is 17.8. The molecule has 0 amide bonds. The van der Waals surface area contributed by atoms with Gasteiger partial charge in [-0.15, -0.1) is 0 Å². The van der Waals surface area contributed by atoms with Crippen LogP contribution >= 0.6 is 0 Å². The van der Waals surface area contributed by atoms with Gasteiger partial charge < -0.3 is 9.47 Å². The number of hydrogen-bond acceptors (Lipinski definition) is 3. The van der Waals surface area contributed by atoms with Gasteiger partial charge in [-0.25, -0.2) is 0 Å². The van der Waals surface area contributed by atoms with Gasteiger partial charge in [0.1, 0.15) is 0 Å². The highest BCUT2D eigenvalue weighted by atomic mass is 16.5. The molecule has 0 fully saturated rings. The number of carbonyl (C=O) groups excluding carboxylic acids is 1. The third-order valence-electron chi connectivity index (χ3n) is 2.90. The number of hydrogen-bond donors (Lipinski definition) is 0. The van der Waals surface area contributed by atoms with Crippen LogP contribution < -0.4 is 0 Å². The van der Waals surface area contributed by atoms with Crippen LogP contribution in [0.1, 0.15) is 45.4 Å². The highest BCUT2D eigenvalue weighted by Crippen LogP contribution is 1.99. The predicted molar refractivity (Wildman–Crippen MR) is 101 cm³/mol. The minimum absolute atomic E-state index is 0.140. The molecule has 0 aliphatic rings. The molecule has 0 aliphatic carbocycles. The van der Waals surface area contributed by atoms with Crippen LogP contribution in [0.4, 0.5) is 0 Å². The Morgan fingerprint density at radius 1 is 0.833 bits per heavy atom. The molecule has 0 aliphatic heterocycles. The van der Waals surface area contributed by atoms with Gasteiger partial charge in [0, 0.05) is 6.42 Å². The first-order chi connectivity index (χ1) is 11.8. The molecular formula is C21H30O3. The van der Waals surface area contributed by atoms with Crippen molar-refractivity contribution in [3.05, 3.63) is 73.3 Å². The predicted octanol–water partition coefficient (Wildman–Crippen LogP) is 5.79. The molecule has 0 heterocycles. The zero-order valence-corrected chi connectivity index (χ0v) is 14.9. The lowest BCUT2D eigenvalue weighted by Crippen LogP contribution is -1.98. The fourth-order valence-corrected chi connectivity index (χ4v) is 1.63. The average molecular weight is 330 g/mol. The van der Waals surface area contributed by atoms with E-state index >= 15 is 0 Å². The van der Waals surface area contributed by atoms with Gasteiger partial charge in [-0.2, -0.15) is 0 Å². The zero-order valence-electron chi connectivity index (χ0n) is 14.9. The van der Waals surface area contributed by atoms with Gasteiger partial charge in [0.2, 0.25) is 0 Å². The van der Waals surface area contributed by atoms with Crippen molar-refractivity contribution in [2.75, 3.05) is 7.11 Å². The second kappa shape index (κ2) is 18.8. The molecule has 0 N–H and O–H groups in total. The summed E-state index contributed by atoms with van der Waals surface area (Å²) in [5.74, 6) is -0.140. The first-order valence-electron chi connectivity index (χ1n) is 8.46. The molecule has 0 bridgehead atoms. The van der Waals surface area contributed by atoms with Gasteiger partial charge in [-0.1, -0.05) is 55.5 Å². The summed E-state index contributed by atoms with van der Waals surface area (Å²) in [6.45, 7) is 2.09. The lowest BCUT2D eigenvalue weighted by Gasteiger charge is -1.95. The van der Waals surface area contributed by atoms with Gasteiger partial charge in [0.15, 0.2) is 0 Å². The molecule has 0 aromatic heterocycles. The van der Waals surface area contributed by atoms with E-state index in [9.17, 15) is 4.79 Å². The molecule has 3 heteroatoms. The summed E-state index contributed by atoms with van der Waals surface area (Å²) in [6, 6.07) is 0. The number of allylic oxidation sites excluding steroid dienone is 10. The number of ether oxygens (including phenoxy) is 2. The Bertz CT molecular complexity index is 465. The van der Waals surface area contributed by atoms with Gasteiger partial charge in [0.25, 0.3) is 0 Å². The summed E-state index contributed by atoms with van der Waals surface area (Å²) in [7, 11) is 1.42. The van der Waals surface area contributed by atoms with Gasteiger partial charge in [0.05, 0.1) is 19.6 Å². The van der Waals surface area contributed by atoms with E-state index in [1.165, 1.54) is 7.11 Å². The number of esters is 1. The van der Waals surface area contributed by atoms with E-state index in [0.717, 1.165) is 32.1 Å². The Kier molecular flexibility index (Phi) is 17.0. The van der Waals surface area contributed by atoms with E-state index in [1.54, 1.807) is 12.5 Å². The molecule has 0 aromatic carbocycles. The Balaban J connectivity index is 3.55. The number of unbranched alkanes of at least 4 members (excludes halogenated alkanes) is 1. The minimum Gasteiger partial charge on any atom is -0.473 e. The van der Waals surface area contributed by atoms with Crippen LogP contribution in [0.25, 0.3) is 0 Å². The highest BCUT2D eigenvalue weighted by molar-refractivity contribution is 5.69. The van der Waals surface area contributed by atoms with E-state index in [4.69, 9.17) is 4.74 Å². The first kappa shape index (κ1) is 21.7. The molecule has 0 spiro atoms. The van der Waals surface area contributed by atoms with Crippen molar-refractivity contribution in [3.63, 3.8) is 0 Å². The number of methoxy groups -OCH3 is 1. The zero-order chi connectivity index (χ0) is 17.7. The molecule has 0 saturated heterocycles. The Hall–Kier alpha value is -2.29. The molecule has 0 rings (SSSR count). The topological polar surface area (TPSA) is 35.5 Å². The SMILES string of the molecule is CCC=CC=COC=CC=CCC=CCC=CCCCC(=O)OC. The summed E-state index contributed by atoms with van der Waals surface area (Å²) in [6.07, 6.45) is 28.6. The maximum absolute atomic E-state index is 10.9. The van der Waals surface area contributed by atoms with Crippen molar-refractivity contribution in [1.29, 1.82) is 0 Å². The molecule has 0 unspecified atom stereocenters. The molecule has 0 saturated carbocycles. The lowest BCUT2D eigenvalue weighted by atomic mass is 10.2. The van der Waals surface area contributed by atoms with Crippen LogP contribution in [-0.2, 0) is 14.3 Å². The molecule has 24 heavy (non-hydrogen) atoms. The smallest absolute Gasteiger partial charge is 0.305 e. The Morgan fingerprint density at radius 2 is 1.46 bits per heavy atom. The van der Waals surface area contributed by atoms with Crippen molar-refractivity contribution >= 4 is 5.97 Å². The second-order valence-electron chi connectivity index (χ2n) is 4.94. The van der Waals surface area contributed by atoms with E-state index < -0.39 is 0 Å². The maximum Gasteiger partial charge on any atom is 0.305 e. The second-order valence-corrected chi connectivity index (χ2v) is 4.94. The lowest BCUT2D eigenvalue weighted by molar-refractivity contribution is -0.140.